The van der Waals surface area contributed by atoms with Gasteiger partial charge in [0.15, 0.2) is 17.5 Å². The van der Waals surface area contributed by atoms with Gasteiger partial charge in [-0.2, -0.15) is 0 Å². The van der Waals surface area contributed by atoms with Crippen molar-refractivity contribution in [1.29, 1.82) is 0 Å². The summed E-state index contributed by atoms with van der Waals surface area (Å²) in [4.78, 5) is 8.79. The molecule has 0 atom stereocenters. The maximum Gasteiger partial charge on any atom is 0.191 e. The molecule has 26 heavy (non-hydrogen) atoms. The van der Waals surface area contributed by atoms with E-state index in [0.29, 0.717) is 23.8 Å². The van der Waals surface area contributed by atoms with Crippen LogP contribution in [-0.2, 0) is 6.54 Å². The molecule has 0 amide bonds. The standard InChI is InChI=1S/C19H23ClN4O2/c1-26-17-4-2-3-14(18(17)25)13-22-19(21)24-11-9-23(10-12-24)16-7-5-15(20)6-8-16/h2-8,25H,9-13H2,1H3,(H2,21,22). The molecular formula is C19H23ClN4O2. The fourth-order valence-electron chi connectivity index (χ4n) is 2.97. The first-order valence-electron chi connectivity index (χ1n) is 8.48. The Bertz CT molecular complexity index is 772. The summed E-state index contributed by atoms with van der Waals surface area (Å²) in [6.45, 7) is 3.63. The Morgan fingerprint density at radius 2 is 1.85 bits per heavy atom. The number of anilines is 1. The summed E-state index contributed by atoms with van der Waals surface area (Å²) in [6.07, 6.45) is 0. The quantitative estimate of drug-likeness (QED) is 0.635. The highest BCUT2D eigenvalue weighted by Gasteiger charge is 2.18. The maximum atomic E-state index is 10.1. The number of methoxy groups -OCH3 is 1. The summed E-state index contributed by atoms with van der Waals surface area (Å²) in [5.74, 6) is 1.04. The number of hydrogen-bond donors (Lipinski definition) is 2. The second-order valence-electron chi connectivity index (χ2n) is 6.09. The molecule has 138 valence electrons. The molecule has 0 aliphatic carbocycles. The van der Waals surface area contributed by atoms with Crippen LogP contribution in [0.5, 0.6) is 11.5 Å². The van der Waals surface area contributed by atoms with Gasteiger partial charge in [-0.25, -0.2) is 4.99 Å². The Labute approximate surface area is 158 Å². The lowest BCUT2D eigenvalue weighted by Gasteiger charge is -2.36. The second kappa shape index (κ2) is 8.19. The first-order valence-corrected chi connectivity index (χ1v) is 8.86. The van der Waals surface area contributed by atoms with E-state index >= 15 is 0 Å². The minimum absolute atomic E-state index is 0.110. The molecular weight excluding hydrogens is 352 g/mol. The van der Waals surface area contributed by atoms with Crippen LogP contribution in [-0.4, -0.2) is 49.3 Å². The number of phenols is 1. The van der Waals surface area contributed by atoms with Crippen molar-refractivity contribution in [2.24, 2.45) is 10.7 Å². The van der Waals surface area contributed by atoms with Gasteiger partial charge in [-0.15, -0.1) is 0 Å². The molecule has 7 heteroatoms. The highest BCUT2D eigenvalue weighted by molar-refractivity contribution is 6.30. The lowest BCUT2D eigenvalue weighted by molar-refractivity contribution is 0.370. The Hall–Kier alpha value is -2.60. The zero-order chi connectivity index (χ0) is 18.5. The molecule has 0 aromatic heterocycles. The van der Waals surface area contributed by atoms with Crippen molar-refractivity contribution >= 4 is 23.2 Å². The average Bonchev–Trinajstić information content (AvgIpc) is 2.68. The van der Waals surface area contributed by atoms with Gasteiger partial charge in [0.1, 0.15) is 0 Å². The molecule has 0 saturated carbocycles. The van der Waals surface area contributed by atoms with Gasteiger partial charge in [-0.1, -0.05) is 23.7 Å². The zero-order valence-electron chi connectivity index (χ0n) is 14.7. The molecule has 1 saturated heterocycles. The molecule has 0 unspecified atom stereocenters. The number of nitrogens with two attached hydrogens (primary N) is 1. The van der Waals surface area contributed by atoms with Crippen LogP contribution in [0.15, 0.2) is 47.5 Å². The summed E-state index contributed by atoms with van der Waals surface area (Å²) < 4.78 is 5.12. The van der Waals surface area contributed by atoms with Gasteiger partial charge in [0, 0.05) is 42.5 Å². The van der Waals surface area contributed by atoms with Crippen LogP contribution in [0.25, 0.3) is 0 Å². The third-order valence-corrected chi connectivity index (χ3v) is 4.76. The number of phenolic OH excluding ortho intramolecular Hbond substituents is 1. The van der Waals surface area contributed by atoms with Crippen LogP contribution in [0.4, 0.5) is 5.69 Å². The molecule has 3 rings (SSSR count). The van der Waals surface area contributed by atoms with E-state index in [0.717, 1.165) is 36.9 Å². The van der Waals surface area contributed by atoms with E-state index in [9.17, 15) is 5.11 Å². The molecule has 2 aromatic rings. The molecule has 6 nitrogen and oxygen atoms in total. The molecule has 1 heterocycles. The number of guanidine groups is 1. The molecule has 1 fully saturated rings. The van der Waals surface area contributed by atoms with Crippen molar-refractivity contribution < 1.29 is 9.84 Å². The molecule has 0 spiro atoms. The summed E-state index contributed by atoms with van der Waals surface area (Å²) in [5, 5.41) is 10.9. The Kier molecular flexibility index (Phi) is 5.73. The topological polar surface area (TPSA) is 74.3 Å². The Morgan fingerprint density at radius 1 is 1.15 bits per heavy atom. The third kappa shape index (κ3) is 4.14. The number of ether oxygens (including phenoxy) is 1. The van der Waals surface area contributed by atoms with Crippen molar-refractivity contribution in [2.75, 3.05) is 38.2 Å². The number of aliphatic imine (C=N–C) groups is 1. The Balaban J connectivity index is 1.59. The summed E-state index contributed by atoms with van der Waals surface area (Å²) >= 11 is 5.95. The van der Waals surface area contributed by atoms with Crippen molar-refractivity contribution in [2.45, 2.75) is 6.54 Å². The highest BCUT2D eigenvalue weighted by atomic mass is 35.5. The van der Waals surface area contributed by atoms with E-state index in [4.69, 9.17) is 22.1 Å². The molecule has 1 aliphatic heterocycles. The minimum Gasteiger partial charge on any atom is -0.504 e. The summed E-state index contributed by atoms with van der Waals surface area (Å²) in [6, 6.07) is 13.2. The number of hydrogen-bond acceptors (Lipinski definition) is 4. The van der Waals surface area contributed by atoms with Crippen molar-refractivity contribution in [3.8, 4) is 11.5 Å². The van der Waals surface area contributed by atoms with E-state index < -0.39 is 0 Å². The normalized spacial score (nSPS) is 15.2. The van der Waals surface area contributed by atoms with Crippen LogP contribution in [0.1, 0.15) is 5.56 Å². The summed E-state index contributed by atoms with van der Waals surface area (Å²) in [5.41, 5.74) is 7.99. The molecule has 2 aromatic carbocycles. The van der Waals surface area contributed by atoms with E-state index in [-0.39, 0.29) is 5.75 Å². The van der Waals surface area contributed by atoms with Crippen LogP contribution < -0.4 is 15.4 Å². The predicted molar refractivity (Wildman–Crippen MR) is 105 cm³/mol. The second-order valence-corrected chi connectivity index (χ2v) is 6.53. The lowest BCUT2D eigenvalue weighted by atomic mass is 10.2. The third-order valence-electron chi connectivity index (χ3n) is 4.51. The fraction of sp³-hybridized carbons (Fsp3) is 0.316. The molecule has 3 N–H and O–H groups in total. The van der Waals surface area contributed by atoms with E-state index in [1.54, 1.807) is 6.07 Å². The molecule has 0 radical (unpaired) electrons. The van der Waals surface area contributed by atoms with Gasteiger partial charge in [0.05, 0.1) is 13.7 Å². The highest BCUT2D eigenvalue weighted by Crippen LogP contribution is 2.29. The van der Waals surface area contributed by atoms with E-state index in [1.807, 2.05) is 36.4 Å². The van der Waals surface area contributed by atoms with Crippen LogP contribution in [0.2, 0.25) is 5.02 Å². The van der Waals surface area contributed by atoms with Gasteiger partial charge in [-0.05, 0) is 30.3 Å². The van der Waals surface area contributed by atoms with Crippen molar-refractivity contribution in [3.63, 3.8) is 0 Å². The number of halogens is 1. The Morgan fingerprint density at radius 3 is 2.50 bits per heavy atom. The van der Waals surface area contributed by atoms with Crippen molar-refractivity contribution in [1.82, 2.24) is 4.90 Å². The van der Waals surface area contributed by atoms with Gasteiger partial charge in [-0.3, -0.25) is 0 Å². The monoisotopic (exact) mass is 374 g/mol. The first-order chi connectivity index (χ1) is 12.6. The number of benzene rings is 2. The number of nitrogens with zero attached hydrogens (tertiary/aromatic N) is 3. The fourth-order valence-corrected chi connectivity index (χ4v) is 3.10. The number of rotatable bonds is 4. The van der Waals surface area contributed by atoms with Gasteiger partial charge < -0.3 is 25.4 Å². The van der Waals surface area contributed by atoms with Gasteiger partial charge in [0.25, 0.3) is 0 Å². The molecule has 0 bridgehead atoms. The largest absolute Gasteiger partial charge is 0.504 e. The average molecular weight is 375 g/mol. The van der Waals surface area contributed by atoms with Crippen LogP contribution in [0.3, 0.4) is 0 Å². The SMILES string of the molecule is COc1cccc(CN=C(N)N2CCN(c3ccc(Cl)cc3)CC2)c1O. The molecule has 1 aliphatic rings. The number of piperazine rings is 1. The number of para-hydroxylation sites is 1. The van der Waals surface area contributed by atoms with Crippen LogP contribution >= 0.6 is 11.6 Å². The van der Waals surface area contributed by atoms with E-state index in [2.05, 4.69) is 14.8 Å². The number of aromatic hydroxyl groups is 1. The summed E-state index contributed by atoms with van der Waals surface area (Å²) in [7, 11) is 1.52. The first kappa shape index (κ1) is 18.2. The lowest BCUT2D eigenvalue weighted by Crippen LogP contribution is -2.51. The van der Waals surface area contributed by atoms with Gasteiger partial charge >= 0.3 is 0 Å². The van der Waals surface area contributed by atoms with Crippen molar-refractivity contribution in [3.05, 3.63) is 53.1 Å². The maximum absolute atomic E-state index is 10.1. The van der Waals surface area contributed by atoms with Gasteiger partial charge in [0.2, 0.25) is 0 Å². The predicted octanol–water partition coefficient (Wildman–Crippen LogP) is 2.69. The van der Waals surface area contributed by atoms with E-state index in [1.165, 1.54) is 7.11 Å². The minimum atomic E-state index is 0.110. The smallest absolute Gasteiger partial charge is 0.191 e. The van der Waals surface area contributed by atoms with Crippen LogP contribution in [0, 0.1) is 0 Å². The zero-order valence-corrected chi connectivity index (χ0v) is 15.5.